The number of ether oxygens (including phenoxy) is 2. The van der Waals surface area contributed by atoms with Crippen LogP contribution in [0.5, 0.6) is 11.5 Å². The summed E-state index contributed by atoms with van der Waals surface area (Å²) in [7, 11) is 3.63. The van der Waals surface area contributed by atoms with Gasteiger partial charge in [0.25, 0.3) is 0 Å². The molecule has 3 rings (SSSR count). The molecule has 0 atom stereocenters. The fourth-order valence-corrected chi connectivity index (χ4v) is 3.16. The van der Waals surface area contributed by atoms with Gasteiger partial charge in [0.1, 0.15) is 11.5 Å². The molecule has 1 aromatic heterocycles. The lowest BCUT2D eigenvalue weighted by molar-refractivity contribution is 0.341. The third kappa shape index (κ3) is 4.14. The lowest BCUT2D eigenvalue weighted by atomic mass is 10.2. The summed E-state index contributed by atoms with van der Waals surface area (Å²) in [5.74, 6) is 3.40. The predicted molar refractivity (Wildman–Crippen MR) is 100 cm³/mol. The van der Waals surface area contributed by atoms with Crippen LogP contribution in [-0.2, 0) is 7.05 Å². The van der Waals surface area contributed by atoms with Crippen LogP contribution < -0.4 is 9.47 Å². The van der Waals surface area contributed by atoms with E-state index < -0.39 is 0 Å². The zero-order valence-electron chi connectivity index (χ0n) is 14.6. The molecule has 6 heteroatoms. The summed E-state index contributed by atoms with van der Waals surface area (Å²) in [5, 5.41) is 9.46. The summed E-state index contributed by atoms with van der Waals surface area (Å²) in [6.45, 7) is 2.67. The highest BCUT2D eigenvalue weighted by Gasteiger charge is 2.11. The van der Waals surface area contributed by atoms with E-state index in [1.807, 2.05) is 67.1 Å². The Bertz CT molecular complexity index is 831. The number of aromatic nitrogens is 3. The van der Waals surface area contributed by atoms with E-state index in [4.69, 9.17) is 9.47 Å². The number of methoxy groups -OCH3 is 1. The molecule has 0 unspecified atom stereocenters. The van der Waals surface area contributed by atoms with Gasteiger partial charge in [-0.15, -0.1) is 10.2 Å². The standard InChI is InChI=1S/C19H21N3O2S/c1-14-6-4-5-7-17(14)24-12-13-25-19-21-20-18(22(19)2)15-8-10-16(23-3)11-9-15/h4-11H,12-13H2,1-3H3. The molecule has 0 saturated carbocycles. The van der Waals surface area contributed by atoms with Crippen molar-refractivity contribution in [1.29, 1.82) is 0 Å². The minimum atomic E-state index is 0.625. The number of para-hydroxylation sites is 1. The first-order chi connectivity index (χ1) is 12.2. The van der Waals surface area contributed by atoms with Crippen molar-refractivity contribution in [3.63, 3.8) is 0 Å². The van der Waals surface area contributed by atoms with Crippen molar-refractivity contribution in [3.8, 4) is 22.9 Å². The van der Waals surface area contributed by atoms with Gasteiger partial charge in [-0.3, -0.25) is 0 Å². The van der Waals surface area contributed by atoms with Gasteiger partial charge in [0.2, 0.25) is 0 Å². The van der Waals surface area contributed by atoms with Crippen molar-refractivity contribution in [1.82, 2.24) is 14.8 Å². The molecular weight excluding hydrogens is 334 g/mol. The van der Waals surface area contributed by atoms with E-state index in [9.17, 15) is 0 Å². The van der Waals surface area contributed by atoms with Crippen LogP contribution in [0.1, 0.15) is 5.56 Å². The normalized spacial score (nSPS) is 10.7. The largest absolute Gasteiger partial charge is 0.497 e. The summed E-state index contributed by atoms with van der Waals surface area (Å²) >= 11 is 1.63. The van der Waals surface area contributed by atoms with Crippen LogP contribution in [0.3, 0.4) is 0 Å². The van der Waals surface area contributed by atoms with E-state index in [0.717, 1.165) is 39.4 Å². The van der Waals surface area contributed by atoms with Gasteiger partial charge in [0.15, 0.2) is 11.0 Å². The first-order valence-electron chi connectivity index (χ1n) is 8.04. The number of nitrogens with zero attached hydrogens (tertiary/aromatic N) is 3. The number of benzene rings is 2. The summed E-state index contributed by atoms with van der Waals surface area (Å²) in [4.78, 5) is 0. The Morgan fingerprint density at radius 2 is 1.80 bits per heavy atom. The van der Waals surface area contributed by atoms with E-state index >= 15 is 0 Å². The Hall–Kier alpha value is -2.47. The smallest absolute Gasteiger partial charge is 0.191 e. The Morgan fingerprint density at radius 3 is 2.52 bits per heavy atom. The maximum absolute atomic E-state index is 5.82. The lowest BCUT2D eigenvalue weighted by Crippen LogP contribution is -2.03. The average Bonchev–Trinajstić information content (AvgIpc) is 3.01. The van der Waals surface area contributed by atoms with Gasteiger partial charge >= 0.3 is 0 Å². The third-order valence-electron chi connectivity index (χ3n) is 3.85. The lowest BCUT2D eigenvalue weighted by Gasteiger charge is -2.08. The molecule has 0 aliphatic carbocycles. The van der Waals surface area contributed by atoms with Crippen molar-refractivity contribution >= 4 is 11.8 Å². The summed E-state index contributed by atoms with van der Waals surface area (Å²) < 4.78 is 13.0. The monoisotopic (exact) mass is 355 g/mol. The molecule has 130 valence electrons. The fourth-order valence-electron chi connectivity index (χ4n) is 2.44. The van der Waals surface area contributed by atoms with Crippen molar-refractivity contribution in [2.45, 2.75) is 12.1 Å². The molecule has 0 amide bonds. The summed E-state index contributed by atoms with van der Waals surface area (Å²) in [6, 6.07) is 15.9. The number of thioether (sulfide) groups is 1. The molecule has 25 heavy (non-hydrogen) atoms. The minimum absolute atomic E-state index is 0.625. The molecule has 0 bridgehead atoms. The first-order valence-corrected chi connectivity index (χ1v) is 9.02. The second-order valence-corrected chi connectivity index (χ2v) is 6.62. The van der Waals surface area contributed by atoms with E-state index in [1.54, 1.807) is 18.9 Å². The molecule has 3 aromatic rings. The number of rotatable bonds is 7. The average molecular weight is 355 g/mol. The Balaban J connectivity index is 1.58. The number of aryl methyl sites for hydroxylation is 1. The molecule has 0 radical (unpaired) electrons. The van der Waals surface area contributed by atoms with E-state index in [-0.39, 0.29) is 0 Å². The molecule has 0 N–H and O–H groups in total. The molecule has 1 heterocycles. The summed E-state index contributed by atoms with van der Waals surface area (Å²) in [6.07, 6.45) is 0. The van der Waals surface area contributed by atoms with Gasteiger partial charge in [0, 0.05) is 18.4 Å². The van der Waals surface area contributed by atoms with E-state index in [1.165, 1.54) is 0 Å². The maximum Gasteiger partial charge on any atom is 0.191 e. The zero-order valence-corrected chi connectivity index (χ0v) is 15.4. The van der Waals surface area contributed by atoms with Crippen LogP contribution in [0.15, 0.2) is 53.7 Å². The summed E-state index contributed by atoms with van der Waals surface area (Å²) in [5.41, 5.74) is 2.16. The third-order valence-corrected chi connectivity index (χ3v) is 4.83. The van der Waals surface area contributed by atoms with Gasteiger partial charge in [-0.05, 0) is 42.8 Å². The van der Waals surface area contributed by atoms with Crippen LogP contribution in [-0.4, -0.2) is 34.2 Å². The first kappa shape index (κ1) is 17.4. The SMILES string of the molecule is COc1ccc(-c2nnc(SCCOc3ccccc3C)n2C)cc1. The van der Waals surface area contributed by atoms with Gasteiger partial charge in [0.05, 0.1) is 13.7 Å². The predicted octanol–water partition coefficient (Wildman–Crippen LogP) is 3.97. The van der Waals surface area contributed by atoms with Crippen molar-refractivity contribution in [2.24, 2.45) is 7.05 Å². The van der Waals surface area contributed by atoms with Crippen LogP contribution in [0.25, 0.3) is 11.4 Å². The van der Waals surface area contributed by atoms with Crippen molar-refractivity contribution in [3.05, 3.63) is 54.1 Å². The highest BCUT2D eigenvalue weighted by atomic mass is 32.2. The van der Waals surface area contributed by atoms with Crippen LogP contribution in [0.2, 0.25) is 0 Å². The minimum Gasteiger partial charge on any atom is -0.497 e. The molecule has 0 aliphatic rings. The second kappa shape index (κ2) is 8.07. The van der Waals surface area contributed by atoms with Gasteiger partial charge in [-0.1, -0.05) is 30.0 Å². The Kier molecular flexibility index (Phi) is 5.60. The topological polar surface area (TPSA) is 49.2 Å². The molecular formula is C19H21N3O2S. The van der Waals surface area contributed by atoms with E-state index in [2.05, 4.69) is 10.2 Å². The molecule has 5 nitrogen and oxygen atoms in total. The maximum atomic E-state index is 5.82. The number of hydrogen-bond donors (Lipinski definition) is 0. The van der Waals surface area contributed by atoms with Crippen LogP contribution >= 0.6 is 11.8 Å². The molecule has 2 aromatic carbocycles. The van der Waals surface area contributed by atoms with Crippen molar-refractivity contribution < 1.29 is 9.47 Å². The van der Waals surface area contributed by atoms with Crippen molar-refractivity contribution in [2.75, 3.05) is 19.5 Å². The van der Waals surface area contributed by atoms with Gasteiger partial charge < -0.3 is 14.0 Å². The Morgan fingerprint density at radius 1 is 1.04 bits per heavy atom. The van der Waals surface area contributed by atoms with Crippen LogP contribution in [0.4, 0.5) is 0 Å². The zero-order chi connectivity index (χ0) is 17.6. The molecule has 0 spiro atoms. The van der Waals surface area contributed by atoms with Gasteiger partial charge in [-0.25, -0.2) is 0 Å². The molecule has 0 saturated heterocycles. The highest BCUT2D eigenvalue weighted by Crippen LogP contribution is 2.24. The van der Waals surface area contributed by atoms with E-state index in [0.29, 0.717) is 6.61 Å². The molecule has 0 aliphatic heterocycles. The quantitative estimate of drug-likeness (QED) is 0.474. The van der Waals surface area contributed by atoms with Crippen LogP contribution in [0, 0.1) is 6.92 Å². The fraction of sp³-hybridized carbons (Fsp3) is 0.263. The Labute approximate surface area is 152 Å². The van der Waals surface area contributed by atoms with Gasteiger partial charge in [-0.2, -0.15) is 0 Å². The second-order valence-electron chi connectivity index (χ2n) is 5.56. The number of hydrogen-bond acceptors (Lipinski definition) is 5. The highest BCUT2D eigenvalue weighted by molar-refractivity contribution is 7.99. The molecule has 0 fully saturated rings.